The molecule has 0 saturated carbocycles. The van der Waals surface area contributed by atoms with Crippen molar-refractivity contribution in [1.82, 2.24) is 15.5 Å². The molecule has 1 heterocycles. The van der Waals surface area contributed by atoms with Crippen LogP contribution < -0.4 is 10.6 Å². The van der Waals surface area contributed by atoms with Gasteiger partial charge in [-0.05, 0) is 55.0 Å². The number of aryl methyl sites for hydroxylation is 1. The van der Waals surface area contributed by atoms with Gasteiger partial charge in [0.25, 0.3) is 5.91 Å². The van der Waals surface area contributed by atoms with Crippen LogP contribution in [0, 0.1) is 6.92 Å². The van der Waals surface area contributed by atoms with Crippen LogP contribution in [0.2, 0.25) is 0 Å². The van der Waals surface area contributed by atoms with Crippen molar-refractivity contribution in [3.63, 3.8) is 0 Å². The minimum absolute atomic E-state index is 0.0287. The summed E-state index contributed by atoms with van der Waals surface area (Å²) in [6.07, 6.45) is 0.830. The van der Waals surface area contributed by atoms with Crippen molar-refractivity contribution in [2.24, 2.45) is 4.99 Å². The Labute approximate surface area is 160 Å². The van der Waals surface area contributed by atoms with Crippen LogP contribution in [-0.2, 0) is 13.0 Å². The average molecular weight is 373 g/mol. The van der Waals surface area contributed by atoms with E-state index in [2.05, 4.69) is 40.9 Å². The quantitative estimate of drug-likeness (QED) is 0.580. The molecule has 26 heavy (non-hydrogen) atoms. The lowest BCUT2D eigenvalue weighted by Gasteiger charge is -2.13. The zero-order valence-electron chi connectivity index (χ0n) is 16.0. The van der Waals surface area contributed by atoms with E-state index >= 15 is 0 Å². The molecular formula is C20H28N4OS. The van der Waals surface area contributed by atoms with Crippen LogP contribution in [0.25, 0.3) is 0 Å². The second kappa shape index (κ2) is 9.97. The van der Waals surface area contributed by atoms with Crippen LogP contribution in [0.1, 0.15) is 33.3 Å². The average Bonchev–Trinajstić information content (AvgIpc) is 3.04. The molecule has 1 aromatic heterocycles. The van der Waals surface area contributed by atoms with E-state index in [-0.39, 0.29) is 5.91 Å². The van der Waals surface area contributed by atoms with Gasteiger partial charge >= 0.3 is 0 Å². The van der Waals surface area contributed by atoms with Gasteiger partial charge in [0.1, 0.15) is 0 Å². The highest BCUT2D eigenvalue weighted by molar-refractivity contribution is 7.10. The van der Waals surface area contributed by atoms with Crippen molar-refractivity contribution >= 4 is 23.2 Å². The third-order valence-corrected chi connectivity index (χ3v) is 4.99. The minimum Gasteiger partial charge on any atom is -0.357 e. The van der Waals surface area contributed by atoms with Gasteiger partial charge < -0.3 is 15.5 Å². The van der Waals surface area contributed by atoms with Gasteiger partial charge in [-0.15, -0.1) is 11.3 Å². The Morgan fingerprint density at radius 3 is 2.69 bits per heavy atom. The first-order valence-electron chi connectivity index (χ1n) is 8.87. The summed E-state index contributed by atoms with van der Waals surface area (Å²) < 4.78 is 0. The summed E-state index contributed by atoms with van der Waals surface area (Å²) in [5.41, 5.74) is 3.15. The molecule has 1 aromatic carbocycles. The van der Waals surface area contributed by atoms with Crippen molar-refractivity contribution in [1.29, 1.82) is 0 Å². The van der Waals surface area contributed by atoms with E-state index in [0.29, 0.717) is 6.54 Å². The summed E-state index contributed by atoms with van der Waals surface area (Å²) in [4.78, 5) is 19.6. The molecule has 0 unspecified atom stereocenters. The number of hydrogen-bond donors (Lipinski definition) is 2. The van der Waals surface area contributed by atoms with Crippen molar-refractivity contribution in [3.8, 4) is 0 Å². The van der Waals surface area contributed by atoms with Gasteiger partial charge in [-0.25, -0.2) is 4.99 Å². The molecule has 2 N–H and O–H groups in total. The molecule has 1 amide bonds. The Morgan fingerprint density at radius 2 is 2.04 bits per heavy atom. The number of nitrogens with one attached hydrogen (secondary N) is 2. The summed E-state index contributed by atoms with van der Waals surface area (Å²) in [6, 6.07) is 9.92. The molecule has 0 bridgehead atoms. The zero-order chi connectivity index (χ0) is 18.9. The lowest BCUT2D eigenvalue weighted by atomic mass is 10.1. The largest absolute Gasteiger partial charge is 0.357 e. The first-order chi connectivity index (χ1) is 12.5. The van der Waals surface area contributed by atoms with Crippen LogP contribution in [-0.4, -0.2) is 44.0 Å². The van der Waals surface area contributed by atoms with E-state index in [1.165, 1.54) is 10.4 Å². The standard InChI is InChI=1S/C20H28N4OS/c1-5-21-20(23-14-18-15(2)10-12-26-18)22-11-9-16-7-6-8-17(13-16)19(25)24(3)4/h6-8,10,12-13H,5,9,11,14H2,1-4H3,(H2,21,22,23). The normalized spacial score (nSPS) is 11.3. The number of carbonyl (C=O) groups is 1. The molecule has 2 rings (SSSR count). The molecule has 0 spiro atoms. The smallest absolute Gasteiger partial charge is 0.253 e. The number of hydrogen-bond acceptors (Lipinski definition) is 3. The molecule has 0 saturated heterocycles. The predicted octanol–water partition coefficient (Wildman–Crippen LogP) is 3.06. The second-order valence-corrected chi connectivity index (χ2v) is 7.30. The van der Waals surface area contributed by atoms with E-state index in [4.69, 9.17) is 0 Å². The Morgan fingerprint density at radius 1 is 1.23 bits per heavy atom. The maximum atomic E-state index is 12.1. The number of rotatable bonds is 7. The number of aliphatic imine (C=N–C) groups is 1. The third kappa shape index (κ3) is 5.88. The van der Waals surface area contributed by atoms with Gasteiger partial charge in [0, 0.05) is 37.6 Å². The lowest BCUT2D eigenvalue weighted by Crippen LogP contribution is -2.38. The second-order valence-electron chi connectivity index (χ2n) is 6.30. The van der Waals surface area contributed by atoms with Gasteiger partial charge in [-0.1, -0.05) is 12.1 Å². The predicted molar refractivity (Wildman–Crippen MR) is 110 cm³/mol. The summed E-state index contributed by atoms with van der Waals surface area (Å²) in [7, 11) is 3.54. The maximum Gasteiger partial charge on any atom is 0.253 e. The third-order valence-electron chi connectivity index (χ3n) is 3.98. The molecule has 0 aliphatic rings. The van der Waals surface area contributed by atoms with Crippen molar-refractivity contribution in [3.05, 3.63) is 57.3 Å². The summed E-state index contributed by atoms with van der Waals surface area (Å²) in [5, 5.41) is 8.75. The van der Waals surface area contributed by atoms with E-state index in [1.807, 2.05) is 24.3 Å². The Kier molecular flexibility index (Phi) is 7.66. The Bertz CT molecular complexity index is 752. The maximum absolute atomic E-state index is 12.1. The van der Waals surface area contributed by atoms with Gasteiger partial charge in [0.15, 0.2) is 5.96 Å². The van der Waals surface area contributed by atoms with Crippen LogP contribution >= 0.6 is 11.3 Å². The fraction of sp³-hybridized carbons (Fsp3) is 0.400. The van der Waals surface area contributed by atoms with Crippen molar-refractivity contribution < 1.29 is 4.79 Å². The number of benzene rings is 1. The molecule has 0 fully saturated rings. The Balaban J connectivity index is 1.92. The summed E-state index contributed by atoms with van der Waals surface area (Å²) in [6.45, 7) is 6.44. The van der Waals surface area contributed by atoms with E-state index in [9.17, 15) is 4.79 Å². The summed E-state index contributed by atoms with van der Waals surface area (Å²) >= 11 is 1.74. The molecule has 0 aliphatic carbocycles. The van der Waals surface area contributed by atoms with Gasteiger partial charge in [-0.2, -0.15) is 0 Å². The van der Waals surface area contributed by atoms with E-state index in [1.54, 1.807) is 30.3 Å². The minimum atomic E-state index is 0.0287. The van der Waals surface area contributed by atoms with Crippen LogP contribution in [0.4, 0.5) is 0 Å². The molecule has 5 nitrogen and oxygen atoms in total. The highest BCUT2D eigenvalue weighted by atomic mass is 32.1. The topological polar surface area (TPSA) is 56.7 Å². The van der Waals surface area contributed by atoms with Gasteiger partial charge in [0.05, 0.1) is 6.54 Å². The molecule has 0 atom stereocenters. The molecule has 2 aromatic rings. The highest BCUT2D eigenvalue weighted by Crippen LogP contribution is 2.16. The Hall–Kier alpha value is -2.34. The SMILES string of the molecule is CCNC(=NCc1sccc1C)NCCc1cccc(C(=O)N(C)C)c1. The van der Waals surface area contributed by atoms with Gasteiger partial charge in [-0.3, -0.25) is 4.79 Å². The fourth-order valence-corrected chi connectivity index (χ4v) is 3.33. The highest BCUT2D eigenvalue weighted by Gasteiger charge is 2.08. The number of carbonyl (C=O) groups excluding carboxylic acids is 1. The molecule has 0 aliphatic heterocycles. The number of nitrogens with zero attached hydrogens (tertiary/aromatic N) is 2. The molecular weight excluding hydrogens is 344 g/mol. The van der Waals surface area contributed by atoms with Crippen LogP contribution in [0.5, 0.6) is 0 Å². The first-order valence-corrected chi connectivity index (χ1v) is 9.75. The zero-order valence-corrected chi connectivity index (χ0v) is 16.8. The molecule has 140 valence electrons. The fourth-order valence-electron chi connectivity index (χ4n) is 2.50. The molecule has 6 heteroatoms. The number of guanidine groups is 1. The van der Waals surface area contributed by atoms with E-state index in [0.717, 1.165) is 36.6 Å². The van der Waals surface area contributed by atoms with E-state index < -0.39 is 0 Å². The lowest BCUT2D eigenvalue weighted by molar-refractivity contribution is 0.0827. The monoisotopic (exact) mass is 372 g/mol. The van der Waals surface area contributed by atoms with Crippen LogP contribution in [0.15, 0.2) is 40.7 Å². The summed E-state index contributed by atoms with van der Waals surface area (Å²) in [5.74, 6) is 0.849. The number of amides is 1. The number of thiophene rings is 1. The van der Waals surface area contributed by atoms with Crippen molar-refractivity contribution in [2.45, 2.75) is 26.8 Å². The van der Waals surface area contributed by atoms with Crippen molar-refractivity contribution in [2.75, 3.05) is 27.2 Å². The molecule has 0 radical (unpaired) electrons. The van der Waals surface area contributed by atoms with Crippen LogP contribution in [0.3, 0.4) is 0 Å². The van der Waals surface area contributed by atoms with Gasteiger partial charge in [0.2, 0.25) is 0 Å². The first kappa shape index (κ1) is 20.0.